The van der Waals surface area contributed by atoms with Crippen LogP contribution in [0, 0.1) is 20.8 Å². The Bertz CT molecular complexity index is 3860. The molecule has 76 heavy (non-hydrogen) atoms. The number of rotatable bonds is 4. The molecule has 9 aromatic rings. The first-order valence-corrected chi connectivity index (χ1v) is 29.1. The van der Waals surface area contributed by atoms with Gasteiger partial charge in [-0.05, 0) is 187 Å². The third-order valence-electron chi connectivity index (χ3n) is 18.2. The number of benzene rings is 7. The van der Waals surface area contributed by atoms with E-state index >= 15 is 0 Å². The molecule has 388 valence electrons. The Morgan fingerprint density at radius 2 is 1.03 bits per heavy atom. The lowest BCUT2D eigenvalue weighted by Gasteiger charge is -2.45. The van der Waals surface area contributed by atoms with Gasteiger partial charge in [-0.25, -0.2) is 0 Å². The van der Waals surface area contributed by atoms with Crippen LogP contribution in [0.1, 0.15) is 174 Å². The second-order valence-electron chi connectivity index (χ2n) is 28.8. The highest BCUT2D eigenvalue weighted by atomic mass is 32.1. The van der Waals surface area contributed by atoms with Crippen molar-refractivity contribution in [2.75, 3.05) is 9.80 Å². The Morgan fingerprint density at radius 3 is 1.61 bits per heavy atom. The lowest BCUT2D eigenvalue weighted by molar-refractivity contribution is 0.332. The minimum absolute atomic E-state index is 0.00532. The molecule has 0 fully saturated rings. The third kappa shape index (κ3) is 7.70. The SMILES string of the molecule is Cc1cc(C(C)(C)C)ccc1N(c1ccc2c(c1)N(c1cc3c(cc1C)C(C)(C)CCC3(C)C)c1cc(C(C)(C)C)cc3c1B2c1cc(C(C)(C)C)cc2c4sc5ccccc5c4n-3c12)c1ccc(C(C)(C)C)cc1C. The van der Waals surface area contributed by atoms with Crippen LogP contribution in [-0.4, -0.2) is 11.3 Å². The molecule has 0 N–H and O–H groups in total. The van der Waals surface area contributed by atoms with E-state index in [2.05, 4.69) is 261 Å². The van der Waals surface area contributed by atoms with Gasteiger partial charge in [-0.15, -0.1) is 11.3 Å². The van der Waals surface area contributed by atoms with Gasteiger partial charge in [0.05, 0.1) is 15.7 Å². The van der Waals surface area contributed by atoms with Crippen molar-refractivity contribution < 1.29 is 0 Å². The zero-order valence-corrected chi connectivity index (χ0v) is 50.0. The molecule has 0 unspecified atom stereocenters. The maximum absolute atomic E-state index is 2.74. The average Bonchev–Trinajstić information content (AvgIpc) is 3.89. The second-order valence-corrected chi connectivity index (χ2v) is 29.9. The molecule has 12 rings (SSSR count). The van der Waals surface area contributed by atoms with Crippen LogP contribution in [0.4, 0.5) is 34.1 Å². The van der Waals surface area contributed by atoms with Crippen LogP contribution < -0.4 is 26.2 Å². The van der Waals surface area contributed by atoms with Crippen LogP contribution in [0.2, 0.25) is 0 Å². The van der Waals surface area contributed by atoms with Crippen molar-refractivity contribution in [2.24, 2.45) is 0 Å². The summed E-state index contributed by atoms with van der Waals surface area (Å²) in [7, 11) is 0. The number of hydrogen-bond donors (Lipinski definition) is 0. The maximum atomic E-state index is 2.74. The van der Waals surface area contributed by atoms with Crippen molar-refractivity contribution in [3.63, 3.8) is 0 Å². The summed E-state index contributed by atoms with van der Waals surface area (Å²) in [5, 5.41) is 2.71. The van der Waals surface area contributed by atoms with Gasteiger partial charge in [0.25, 0.3) is 6.71 Å². The number of fused-ring (bicyclic) bond motifs is 10. The average molecular weight is 1020 g/mol. The summed E-state index contributed by atoms with van der Waals surface area (Å²) in [5.41, 5.74) is 27.8. The van der Waals surface area contributed by atoms with E-state index in [9.17, 15) is 0 Å². The van der Waals surface area contributed by atoms with Gasteiger partial charge >= 0.3 is 0 Å². The summed E-state index contributed by atoms with van der Waals surface area (Å²) in [6.07, 6.45) is 2.34. The summed E-state index contributed by atoms with van der Waals surface area (Å²) in [6.45, 7) is 45.2. The van der Waals surface area contributed by atoms with Gasteiger partial charge in [0, 0.05) is 55.3 Å². The monoisotopic (exact) mass is 1020 g/mol. The van der Waals surface area contributed by atoms with Crippen molar-refractivity contribution in [3.05, 3.63) is 165 Å². The van der Waals surface area contributed by atoms with E-state index in [0.717, 1.165) is 12.1 Å². The zero-order chi connectivity index (χ0) is 54.3. The van der Waals surface area contributed by atoms with E-state index in [1.165, 1.54) is 138 Å². The minimum Gasteiger partial charge on any atom is -0.311 e. The van der Waals surface area contributed by atoms with Crippen LogP contribution in [0.25, 0.3) is 36.9 Å². The molecule has 3 nitrogen and oxygen atoms in total. The zero-order valence-electron chi connectivity index (χ0n) is 49.2. The summed E-state index contributed by atoms with van der Waals surface area (Å²) in [5.74, 6) is 0. The first-order valence-electron chi connectivity index (χ1n) is 28.2. The van der Waals surface area contributed by atoms with Gasteiger partial charge in [0.2, 0.25) is 0 Å². The maximum Gasteiger partial charge on any atom is 0.252 e. The Hall–Kier alpha value is -6.04. The molecular formula is C71H80BN3S. The third-order valence-corrected chi connectivity index (χ3v) is 19.4. The predicted octanol–water partition coefficient (Wildman–Crippen LogP) is 18.5. The van der Waals surface area contributed by atoms with E-state index in [1.807, 2.05) is 11.3 Å². The van der Waals surface area contributed by atoms with Gasteiger partial charge in [-0.2, -0.15) is 0 Å². The number of thiophene rings is 1. The van der Waals surface area contributed by atoms with Crippen molar-refractivity contribution in [1.29, 1.82) is 0 Å². The Labute approximate surface area is 459 Å². The largest absolute Gasteiger partial charge is 0.311 e. The lowest BCUT2D eigenvalue weighted by Crippen LogP contribution is -2.60. The van der Waals surface area contributed by atoms with E-state index in [4.69, 9.17) is 0 Å². The molecule has 7 aromatic carbocycles. The standard InChI is InChI=1S/C71H80BN3S/c1-41-32-44(66(4,5)6)24-28-55(41)73(56-29-25-45(33-42(56)2)67(7,8)9)48-26-27-53-58(39-48)74(57-40-52-51(34-43(57)3)70(16,17)30-31-71(52,18)19)59-37-47(69(13,14)15)38-60-62(59)72(53)54-36-46(68(10,11)12)35-50-63(54)75(60)64-49-22-20-21-23-61(49)76-65(50)64/h20-29,32-40H,30-31H2,1-19H3. The Morgan fingerprint density at radius 1 is 0.474 bits per heavy atom. The van der Waals surface area contributed by atoms with Crippen LogP contribution in [0.5, 0.6) is 0 Å². The molecule has 0 saturated carbocycles. The first-order chi connectivity index (χ1) is 35.4. The summed E-state index contributed by atoms with van der Waals surface area (Å²) in [4.78, 5) is 5.31. The molecule has 1 aliphatic carbocycles. The van der Waals surface area contributed by atoms with E-state index in [0.29, 0.717) is 0 Å². The molecule has 0 atom stereocenters. The van der Waals surface area contributed by atoms with Crippen molar-refractivity contribution >= 4 is 99.8 Å². The van der Waals surface area contributed by atoms with Crippen LogP contribution >= 0.6 is 11.3 Å². The molecule has 0 amide bonds. The fourth-order valence-corrected chi connectivity index (χ4v) is 14.5. The minimum atomic E-state index is -0.130. The van der Waals surface area contributed by atoms with Gasteiger partial charge in [0.15, 0.2) is 0 Å². The van der Waals surface area contributed by atoms with Crippen molar-refractivity contribution in [1.82, 2.24) is 4.57 Å². The molecule has 0 radical (unpaired) electrons. The van der Waals surface area contributed by atoms with Gasteiger partial charge < -0.3 is 14.4 Å². The summed E-state index contributed by atoms with van der Waals surface area (Å²) >= 11 is 1.96. The van der Waals surface area contributed by atoms with Crippen LogP contribution in [0.3, 0.4) is 0 Å². The summed E-state index contributed by atoms with van der Waals surface area (Å²) < 4.78 is 5.44. The Kier molecular flexibility index (Phi) is 11.0. The number of aryl methyl sites for hydroxylation is 3. The topological polar surface area (TPSA) is 11.4 Å². The highest BCUT2D eigenvalue weighted by Crippen LogP contribution is 2.53. The van der Waals surface area contributed by atoms with Crippen LogP contribution in [-0.2, 0) is 32.5 Å². The van der Waals surface area contributed by atoms with E-state index < -0.39 is 0 Å². The molecule has 0 saturated heterocycles. The van der Waals surface area contributed by atoms with Crippen molar-refractivity contribution in [2.45, 2.75) is 177 Å². The number of aromatic nitrogens is 1. The fraction of sp³-hybridized carbons (Fsp3) is 0.380. The fourth-order valence-electron chi connectivity index (χ4n) is 13.3. The highest BCUT2D eigenvalue weighted by Gasteiger charge is 2.46. The molecule has 3 aliphatic rings. The van der Waals surface area contributed by atoms with Crippen molar-refractivity contribution in [3.8, 4) is 5.69 Å². The number of hydrogen-bond acceptors (Lipinski definition) is 3. The lowest BCUT2D eigenvalue weighted by atomic mass is 9.33. The molecule has 0 spiro atoms. The molecular weight excluding hydrogens is 938 g/mol. The quantitative estimate of drug-likeness (QED) is 0.163. The Balaban J connectivity index is 1.23. The van der Waals surface area contributed by atoms with Gasteiger partial charge in [-0.1, -0.05) is 171 Å². The van der Waals surface area contributed by atoms with Gasteiger partial charge in [0.1, 0.15) is 0 Å². The first kappa shape index (κ1) is 50.8. The molecule has 4 heterocycles. The molecule has 0 bridgehead atoms. The summed E-state index contributed by atoms with van der Waals surface area (Å²) in [6, 6.07) is 46.6. The predicted molar refractivity (Wildman–Crippen MR) is 334 cm³/mol. The molecule has 2 aromatic heterocycles. The highest BCUT2D eigenvalue weighted by molar-refractivity contribution is 7.26. The van der Waals surface area contributed by atoms with Gasteiger partial charge in [-0.3, -0.25) is 0 Å². The normalized spacial score (nSPS) is 15.9. The van der Waals surface area contributed by atoms with Crippen LogP contribution in [0.15, 0.2) is 115 Å². The molecule has 5 heteroatoms. The smallest absolute Gasteiger partial charge is 0.252 e. The number of anilines is 6. The second kappa shape index (κ2) is 16.5. The van der Waals surface area contributed by atoms with E-state index in [-0.39, 0.29) is 39.2 Å². The van der Waals surface area contributed by atoms with E-state index in [1.54, 1.807) is 0 Å². The number of nitrogens with zero attached hydrogens (tertiary/aromatic N) is 3. The molecule has 2 aliphatic heterocycles.